The molecule has 0 spiro atoms. The number of imide groups is 1. The Labute approximate surface area is 125 Å². The van der Waals surface area contributed by atoms with Crippen molar-refractivity contribution >= 4 is 41.1 Å². The van der Waals surface area contributed by atoms with Gasteiger partial charge in [0.25, 0.3) is 5.91 Å². The van der Waals surface area contributed by atoms with Crippen molar-refractivity contribution in [1.29, 1.82) is 0 Å². The minimum Gasteiger partial charge on any atom is -0.449 e. The number of urea groups is 1. The number of hydrogen-bond acceptors (Lipinski definition) is 4. The first-order chi connectivity index (χ1) is 9.33. The van der Waals surface area contributed by atoms with Gasteiger partial charge in [-0.25, -0.2) is 9.59 Å². The zero-order valence-corrected chi connectivity index (χ0v) is 12.2. The monoisotopic (exact) mass is 318 g/mol. The molecule has 2 N–H and O–H groups in total. The molecule has 20 heavy (non-hydrogen) atoms. The third kappa shape index (κ3) is 4.71. The Bertz CT molecular complexity index is 528. The van der Waals surface area contributed by atoms with Crippen LogP contribution in [0.5, 0.6) is 0 Å². The quantitative estimate of drug-likeness (QED) is 0.835. The number of nitrogens with one attached hydrogen (secondary N) is 2. The zero-order chi connectivity index (χ0) is 15.3. The summed E-state index contributed by atoms with van der Waals surface area (Å²) in [6.45, 7) is 1.34. The van der Waals surface area contributed by atoms with E-state index in [4.69, 9.17) is 27.9 Å². The minimum absolute atomic E-state index is 0.113. The Kier molecular flexibility index (Phi) is 5.79. The number of ether oxygens (including phenoxy) is 1. The van der Waals surface area contributed by atoms with Crippen molar-refractivity contribution < 1.29 is 19.1 Å². The van der Waals surface area contributed by atoms with E-state index in [-0.39, 0.29) is 15.6 Å². The maximum atomic E-state index is 11.8. The molecule has 0 aliphatic rings. The van der Waals surface area contributed by atoms with Gasteiger partial charge in [-0.2, -0.15) is 0 Å². The van der Waals surface area contributed by atoms with Crippen LogP contribution in [0.4, 0.5) is 4.79 Å². The molecular weight excluding hydrogens is 307 g/mol. The highest BCUT2D eigenvalue weighted by Crippen LogP contribution is 2.19. The highest BCUT2D eigenvalue weighted by Gasteiger charge is 2.20. The predicted octanol–water partition coefficient (Wildman–Crippen LogP) is 1.99. The first kappa shape index (κ1) is 16.3. The van der Waals surface area contributed by atoms with Gasteiger partial charge in [-0.05, 0) is 25.1 Å². The SMILES string of the molecule is CNC(=O)NC(=O)[C@H](C)OC(=O)c1cc(Cl)cc(Cl)c1. The van der Waals surface area contributed by atoms with E-state index in [0.717, 1.165) is 0 Å². The van der Waals surface area contributed by atoms with Gasteiger partial charge in [-0.1, -0.05) is 23.2 Å². The van der Waals surface area contributed by atoms with Gasteiger partial charge in [-0.15, -0.1) is 0 Å². The molecule has 1 rings (SSSR count). The number of halogens is 2. The standard InChI is InChI=1S/C12H12Cl2N2O4/c1-6(10(17)16-12(19)15-2)20-11(18)7-3-8(13)5-9(14)4-7/h3-6H,1-2H3,(H2,15,16,17,19)/t6-/m0/s1. The fraction of sp³-hybridized carbons (Fsp3) is 0.250. The molecule has 6 nitrogen and oxygen atoms in total. The number of carbonyl (C=O) groups excluding carboxylic acids is 3. The second-order valence-electron chi connectivity index (χ2n) is 3.77. The first-order valence-electron chi connectivity index (χ1n) is 5.53. The Balaban J connectivity index is 2.70. The van der Waals surface area contributed by atoms with Crippen LogP contribution in [0, 0.1) is 0 Å². The lowest BCUT2D eigenvalue weighted by Gasteiger charge is -2.12. The van der Waals surface area contributed by atoms with E-state index in [1.165, 1.54) is 32.2 Å². The van der Waals surface area contributed by atoms with Crippen LogP contribution in [0.15, 0.2) is 18.2 Å². The number of carbonyl (C=O) groups is 3. The zero-order valence-electron chi connectivity index (χ0n) is 10.7. The molecule has 3 amide bonds. The van der Waals surface area contributed by atoms with Gasteiger partial charge in [-0.3, -0.25) is 10.1 Å². The summed E-state index contributed by atoms with van der Waals surface area (Å²) in [7, 11) is 1.35. The first-order valence-corrected chi connectivity index (χ1v) is 6.28. The van der Waals surface area contributed by atoms with Crippen molar-refractivity contribution in [1.82, 2.24) is 10.6 Å². The lowest BCUT2D eigenvalue weighted by molar-refractivity contribution is -0.127. The lowest BCUT2D eigenvalue weighted by Crippen LogP contribution is -2.43. The molecule has 1 atom stereocenters. The van der Waals surface area contributed by atoms with E-state index in [0.29, 0.717) is 0 Å². The second-order valence-corrected chi connectivity index (χ2v) is 4.65. The van der Waals surface area contributed by atoms with Crippen LogP contribution in [0.1, 0.15) is 17.3 Å². The van der Waals surface area contributed by atoms with Gasteiger partial charge in [0.05, 0.1) is 5.56 Å². The van der Waals surface area contributed by atoms with Crippen LogP contribution in [0.25, 0.3) is 0 Å². The molecule has 0 saturated heterocycles. The van der Waals surface area contributed by atoms with Gasteiger partial charge in [0.1, 0.15) is 0 Å². The van der Waals surface area contributed by atoms with E-state index < -0.39 is 24.0 Å². The third-order valence-corrected chi connectivity index (χ3v) is 2.65. The largest absolute Gasteiger partial charge is 0.449 e. The summed E-state index contributed by atoms with van der Waals surface area (Å²) in [5.41, 5.74) is 0.113. The molecule has 108 valence electrons. The molecular formula is C12H12Cl2N2O4. The van der Waals surface area contributed by atoms with E-state index in [2.05, 4.69) is 5.32 Å². The summed E-state index contributed by atoms with van der Waals surface area (Å²) in [4.78, 5) is 34.3. The minimum atomic E-state index is -1.14. The Morgan fingerprint density at radius 1 is 1.15 bits per heavy atom. The molecule has 1 aromatic rings. The fourth-order valence-corrected chi connectivity index (χ4v) is 1.76. The van der Waals surface area contributed by atoms with Crippen molar-refractivity contribution in [3.05, 3.63) is 33.8 Å². The highest BCUT2D eigenvalue weighted by molar-refractivity contribution is 6.35. The normalized spacial score (nSPS) is 11.4. The summed E-state index contributed by atoms with van der Waals surface area (Å²) in [6, 6.07) is 3.49. The van der Waals surface area contributed by atoms with E-state index in [9.17, 15) is 14.4 Å². The molecule has 8 heteroatoms. The molecule has 0 aliphatic heterocycles. The summed E-state index contributed by atoms with van der Waals surface area (Å²) >= 11 is 11.5. The van der Waals surface area contributed by atoms with Crippen molar-refractivity contribution in [2.45, 2.75) is 13.0 Å². The number of hydrogen-bond donors (Lipinski definition) is 2. The maximum absolute atomic E-state index is 11.8. The average Bonchev–Trinajstić information content (AvgIpc) is 2.37. The van der Waals surface area contributed by atoms with Crippen LogP contribution in [0.2, 0.25) is 10.0 Å². The molecule has 0 heterocycles. The maximum Gasteiger partial charge on any atom is 0.339 e. The molecule has 1 aromatic carbocycles. The summed E-state index contributed by atoms with van der Waals surface area (Å²) < 4.78 is 4.91. The van der Waals surface area contributed by atoms with E-state index >= 15 is 0 Å². The Morgan fingerprint density at radius 2 is 1.70 bits per heavy atom. The molecule has 0 saturated carbocycles. The number of esters is 1. The van der Waals surface area contributed by atoms with Crippen molar-refractivity contribution in [3.8, 4) is 0 Å². The second kappa shape index (κ2) is 7.12. The average molecular weight is 319 g/mol. The Hall–Kier alpha value is -1.79. The van der Waals surface area contributed by atoms with Gasteiger partial charge in [0.2, 0.25) is 0 Å². The Morgan fingerprint density at radius 3 is 2.20 bits per heavy atom. The molecule has 0 aliphatic carbocycles. The van der Waals surface area contributed by atoms with Crippen LogP contribution in [-0.2, 0) is 9.53 Å². The van der Waals surface area contributed by atoms with Crippen molar-refractivity contribution in [2.75, 3.05) is 7.05 Å². The topological polar surface area (TPSA) is 84.5 Å². The molecule has 0 aromatic heterocycles. The van der Waals surface area contributed by atoms with Gasteiger partial charge in [0.15, 0.2) is 6.10 Å². The smallest absolute Gasteiger partial charge is 0.339 e. The lowest BCUT2D eigenvalue weighted by atomic mass is 10.2. The summed E-state index contributed by atoms with van der Waals surface area (Å²) in [5.74, 6) is -1.51. The number of rotatable bonds is 3. The molecule has 0 bridgehead atoms. The summed E-state index contributed by atoms with van der Waals surface area (Å²) in [6.07, 6.45) is -1.14. The molecule has 0 fully saturated rings. The van der Waals surface area contributed by atoms with E-state index in [1.807, 2.05) is 5.32 Å². The van der Waals surface area contributed by atoms with E-state index in [1.54, 1.807) is 0 Å². The highest BCUT2D eigenvalue weighted by atomic mass is 35.5. The summed E-state index contributed by atoms with van der Waals surface area (Å²) in [5, 5.41) is 4.74. The fourth-order valence-electron chi connectivity index (χ4n) is 1.23. The van der Waals surface area contributed by atoms with Gasteiger partial charge in [0, 0.05) is 17.1 Å². The molecule has 0 unspecified atom stereocenters. The van der Waals surface area contributed by atoms with Gasteiger partial charge >= 0.3 is 12.0 Å². The third-order valence-electron chi connectivity index (χ3n) is 2.22. The van der Waals surface area contributed by atoms with Crippen molar-refractivity contribution in [2.24, 2.45) is 0 Å². The van der Waals surface area contributed by atoms with Crippen LogP contribution in [0.3, 0.4) is 0 Å². The predicted molar refractivity (Wildman–Crippen MR) is 73.9 cm³/mol. The van der Waals surface area contributed by atoms with Crippen LogP contribution in [-0.4, -0.2) is 31.1 Å². The van der Waals surface area contributed by atoms with Crippen LogP contribution < -0.4 is 10.6 Å². The van der Waals surface area contributed by atoms with Crippen molar-refractivity contribution in [3.63, 3.8) is 0 Å². The molecule has 0 radical (unpaired) electrons. The number of benzene rings is 1. The van der Waals surface area contributed by atoms with Crippen LogP contribution >= 0.6 is 23.2 Å². The number of amides is 3. The van der Waals surface area contributed by atoms with Gasteiger partial charge < -0.3 is 10.1 Å².